The topological polar surface area (TPSA) is 80.0 Å². The van der Waals surface area contributed by atoms with Crippen LogP contribution in [-0.2, 0) is 11.3 Å². The molecule has 6 nitrogen and oxygen atoms in total. The van der Waals surface area contributed by atoms with Crippen LogP contribution < -0.4 is 11.1 Å². The summed E-state index contributed by atoms with van der Waals surface area (Å²) in [6.45, 7) is 6.30. The van der Waals surface area contributed by atoms with Gasteiger partial charge in [0.25, 0.3) is 0 Å². The van der Waals surface area contributed by atoms with E-state index in [1.54, 1.807) is 16.2 Å². The Labute approximate surface area is 158 Å². The minimum Gasteiger partial charge on any atom is -0.450 e. The Balaban J connectivity index is 0.00000264. The Morgan fingerprint density at radius 2 is 2.22 bits per heavy atom. The van der Waals surface area contributed by atoms with Gasteiger partial charge in [-0.3, -0.25) is 0 Å². The molecule has 23 heavy (non-hydrogen) atoms. The van der Waals surface area contributed by atoms with Gasteiger partial charge in [0.15, 0.2) is 5.96 Å². The Morgan fingerprint density at radius 3 is 2.78 bits per heavy atom. The lowest BCUT2D eigenvalue weighted by molar-refractivity contribution is 0.0963. The standard InChI is InChI=1S/C15H24N4O2S.HI/c1-3-21-15(20)19-7-4-12(5-8-19)18-14(16)17-10-13-11(2)6-9-22-13;/h6,9,12H,3-5,7-8,10H2,1-2H3,(H3,16,17,18);1H. The highest BCUT2D eigenvalue weighted by Gasteiger charge is 2.23. The number of hydrogen-bond acceptors (Lipinski definition) is 4. The van der Waals surface area contributed by atoms with Gasteiger partial charge >= 0.3 is 6.09 Å². The van der Waals surface area contributed by atoms with Crippen molar-refractivity contribution in [1.29, 1.82) is 0 Å². The predicted molar refractivity (Wildman–Crippen MR) is 105 cm³/mol. The third kappa shape index (κ3) is 6.17. The minimum absolute atomic E-state index is 0. The molecule has 1 aliphatic heterocycles. The molecule has 2 rings (SSSR count). The van der Waals surface area contributed by atoms with E-state index in [0.29, 0.717) is 32.2 Å². The first-order valence-electron chi connectivity index (χ1n) is 7.61. The summed E-state index contributed by atoms with van der Waals surface area (Å²) in [6.07, 6.45) is 1.48. The number of amides is 1. The number of guanidine groups is 1. The summed E-state index contributed by atoms with van der Waals surface area (Å²) in [5, 5.41) is 5.31. The van der Waals surface area contributed by atoms with E-state index < -0.39 is 0 Å². The van der Waals surface area contributed by atoms with Crippen LogP contribution in [0.2, 0.25) is 0 Å². The summed E-state index contributed by atoms with van der Waals surface area (Å²) < 4.78 is 5.01. The van der Waals surface area contributed by atoms with E-state index >= 15 is 0 Å². The van der Waals surface area contributed by atoms with Crippen LogP contribution >= 0.6 is 35.3 Å². The molecule has 8 heteroatoms. The number of carbonyl (C=O) groups excluding carboxylic acids is 1. The molecule has 0 saturated carbocycles. The fraction of sp³-hybridized carbons (Fsp3) is 0.600. The number of aliphatic imine (C=N–C) groups is 1. The van der Waals surface area contributed by atoms with Crippen LogP contribution in [0.3, 0.4) is 0 Å². The van der Waals surface area contributed by atoms with Crippen molar-refractivity contribution >= 4 is 47.4 Å². The summed E-state index contributed by atoms with van der Waals surface area (Å²) in [6, 6.07) is 2.35. The van der Waals surface area contributed by atoms with Gasteiger partial charge in [0.2, 0.25) is 0 Å². The molecule has 0 bridgehead atoms. The smallest absolute Gasteiger partial charge is 0.409 e. The average Bonchev–Trinajstić information content (AvgIpc) is 2.91. The van der Waals surface area contributed by atoms with E-state index in [-0.39, 0.29) is 36.1 Å². The second kappa shape index (κ2) is 9.96. The van der Waals surface area contributed by atoms with Crippen molar-refractivity contribution in [3.8, 4) is 0 Å². The number of likely N-dealkylation sites (tertiary alicyclic amines) is 1. The lowest BCUT2D eigenvalue weighted by Gasteiger charge is -2.31. The summed E-state index contributed by atoms with van der Waals surface area (Å²) in [7, 11) is 0. The maximum Gasteiger partial charge on any atom is 0.409 e. The number of carbonyl (C=O) groups is 1. The molecule has 1 aliphatic rings. The van der Waals surface area contributed by atoms with Crippen LogP contribution in [0.25, 0.3) is 0 Å². The Morgan fingerprint density at radius 1 is 1.52 bits per heavy atom. The number of nitrogens with zero attached hydrogens (tertiary/aromatic N) is 2. The highest BCUT2D eigenvalue weighted by Crippen LogP contribution is 2.16. The molecule has 0 spiro atoms. The molecule has 0 atom stereocenters. The molecule has 0 radical (unpaired) electrons. The molecule has 1 fully saturated rings. The van der Waals surface area contributed by atoms with Crippen molar-refractivity contribution in [3.63, 3.8) is 0 Å². The predicted octanol–water partition coefficient (Wildman–Crippen LogP) is 2.70. The molecule has 3 N–H and O–H groups in total. The highest BCUT2D eigenvalue weighted by atomic mass is 127. The van der Waals surface area contributed by atoms with Crippen molar-refractivity contribution < 1.29 is 9.53 Å². The van der Waals surface area contributed by atoms with Crippen LogP contribution in [0, 0.1) is 6.92 Å². The van der Waals surface area contributed by atoms with Crippen molar-refractivity contribution in [1.82, 2.24) is 10.2 Å². The Hall–Kier alpha value is -1.03. The number of thiophene rings is 1. The monoisotopic (exact) mass is 452 g/mol. The third-order valence-corrected chi connectivity index (χ3v) is 4.74. The molecule has 1 saturated heterocycles. The van der Waals surface area contributed by atoms with Gasteiger partial charge in [-0.2, -0.15) is 0 Å². The molecule has 0 unspecified atom stereocenters. The molecule has 0 aliphatic carbocycles. The lowest BCUT2D eigenvalue weighted by Crippen LogP contribution is -2.48. The Kier molecular flexibility index (Phi) is 8.67. The van der Waals surface area contributed by atoms with Gasteiger partial charge in [-0.15, -0.1) is 35.3 Å². The van der Waals surface area contributed by atoms with Gasteiger partial charge in [-0.25, -0.2) is 9.79 Å². The first kappa shape index (κ1) is 20.0. The minimum atomic E-state index is -0.226. The first-order valence-corrected chi connectivity index (χ1v) is 8.49. The van der Waals surface area contributed by atoms with E-state index in [9.17, 15) is 4.79 Å². The van der Waals surface area contributed by atoms with Crippen molar-refractivity contribution in [3.05, 3.63) is 21.9 Å². The normalized spacial score (nSPS) is 15.9. The quantitative estimate of drug-likeness (QED) is 0.418. The Bertz CT molecular complexity index is 527. The maximum absolute atomic E-state index is 11.6. The SMILES string of the molecule is CCOC(=O)N1CCC(NC(N)=NCc2sccc2C)CC1.I. The zero-order chi connectivity index (χ0) is 15.9. The van der Waals surface area contributed by atoms with Crippen LogP contribution in [0.5, 0.6) is 0 Å². The van der Waals surface area contributed by atoms with E-state index in [0.717, 1.165) is 12.8 Å². The van der Waals surface area contributed by atoms with Crippen LogP contribution in [-0.4, -0.2) is 42.7 Å². The molecular weight excluding hydrogens is 427 g/mol. The molecule has 1 amide bonds. The zero-order valence-corrected chi connectivity index (χ0v) is 16.7. The molecule has 130 valence electrons. The summed E-state index contributed by atoms with van der Waals surface area (Å²) in [5.41, 5.74) is 7.21. The number of halogens is 1. The molecular formula is C15H25IN4O2S. The largest absolute Gasteiger partial charge is 0.450 e. The second-order valence-corrected chi connectivity index (χ2v) is 6.33. The molecule has 1 aromatic rings. The number of ether oxygens (including phenoxy) is 1. The first-order chi connectivity index (χ1) is 10.6. The highest BCUT2D eigenvalue weighted by molar-refractivity contribution is 14.0. The van der Waals surface area contributed by atoms with E-state index in [1.165, 1.54) is 10.4 Å². The molecule has 0 aromatic carbocycles. The van der Waals surface area contributed by atoms with Gasteiger partial charge < -0.3 is 20.7 Å². The number of nitrogens with two attached hydrogens (primary N) is 1. The van der Waals surface area contributed by atoms with Crippen LogP contribution in [0.4, 0.5) is 4.79 Å². The lowest BCUT2D eigenvalue weighted by atomic mass is 10.1. The summed E-state index contributed by atoms with van der Waals surface area (Å²) in [4.78, 5) is 19.0. The fourth-order valence-electron chi connectivity index (χ4n) is 2.40. The van der Waals surface area contributed by atoms with E-state index in [2.05, 4.69) is 28.7 Å². The van der Waals surface area contributed by atoms with Crippen molar-refractivity contribution in [2.45, 2.75) is 39.3 Å². The summed E-state index contributed by atoms with van der Waals surface area (Å²) in [5.74, 6) is 0.474. The van der Waals surface area contributed by atoms with E-state index in [4.69, 9.17) is 10.5 Å². The van der Waals surface area contributed by atoms with Crippen LogP contribution in [0.15, 0.2) is 16.4 Å². The molecule has 1 aromatic heterocycles. The number of hydrogen-bond donors (Lipinski definition) is 2. The second-order valence-electron chi connectivity index (χ2n) is 5.33. The summed E-state index contributed by atoms with van der Waals surface area (Å²) >= 11 is 1.70. The van der Waals surface area contributed by atoms with Crippen molar-refractivity contribution in [2.24, 2.45) is 10.7 Å². The van der Waals surface area contributed by atoms with Crippen molar-refractivity contribution in [2.75, 3.05) is 19.7 Å². The van der Waals surface area contributed by atoms with E-state index in [1.807, 2.05) is 6.92 Å². The van der Waals surface area contributed by atoms with Gasteiger partial charge in [-0.05, 0) is 43.7 Å². The van der Waals surface area contributed by atoms with Crippen LogP contribution in [0.1, 0.15) is 30.2 Å². The van der Waals surface area contributed by atoms with Gasteiger partial charge in [0.05, 0.1) is 13.2 Å². The van der Waals surface area contributed by atoms with Gasteiger partial charge in [-0.1, -0.05) is 0 Å². The van der Waals surface area contributed by atoms with Gasteiger partial charge in [0.1, 0.15) is 0 Å². The number of nitrogens with one attached hydrogen (secondary N) is 1. The van der Waals surface area contributed by atoms with Gasteiger partial charge in [0, 0.05) is 24.0 Å². The molecule has 2 heterocycles. The zero-order valence-electron chi connectivity index (χ0n) is 13.6. The number of aryl methyl sites for hydroxylation is 1. The maximum atomic E-state index is 11.6. The number of piperidine rings is 1. The fourth-order valence-corrected chi connectivity index (χ4v) is 3.23. The average molecular weight is 452 g/mol. The third-order valence-electron chi connectivity index (χ3n) is 3.73. The number of rotatable bonds is 4.